The highest BCUT2D eigenvalue weighted by Gasteiger charge is 2.46. The predicted molar refractivity (Wildman–Crippen MR) is 161 cm³/mol. The van der Waals surface area contributed by atoms with Gasteiger partial charge in [-0.25, -0.2) is 27.7 Å². The minimum atomic E-state index is -2.97. The molecule has 2 fully saturated rings. The van der Waals surface area contributed by atoms with Gasteiger partial charge in [-0.3, -0.25) is 14.4 Å². The molecule has 13 heteroatoms. The van der Waals surface area contributed by atoms with Gasteiger partial charge < -0.3 is 14.2 Å². The van der Waals surface area contributed by atoms with Crippen LogP contribution in [0.15, 0.2) is 47.5 Å². The van der Waals surface area contributed by atoms with Crippen molar-refractivity contribution >= 4 is 31.3 Å². The van der Waals surface area contributed by atoms with E-state index in [-0.39, 0.29) is 35.2 Å². The standard InChI is InChI=1S/C31H32F3N5O4Si/c1-44(2,3)9-8-43-18-39-22(14-40)13-26-28(39)30(42)38(17-35-26)27-11-20(10-25(36-27)19-4-5-19)23-7-6-21(32)12-24(23)29(41)37-15-31(33,34)16-37/h6-7,10-14,17,19H,4-5,8-9,15-16,18H2,1-3H3. The lowest BCUT2D eigenvalue weighted by Crippen LogP contribution is -2.58. The van der Waals surface area contributed by atoms with Gasteiger partial charge in [0.15, 0.2) is 6.29 Å². The summed E-state index contributed by atoms with van der Waals surface area (Å²) in [5.41, 5.74) is 1.74. The number of fused-ring (bicyclic) bond motifs is 1. The molecule has 1 saturated carbocycles. The fourth-order valence-corrected chi connectivity index (χ4v) is 6.03. The summed E-state index contributed by atoms with van der Waals surface area (Å²) in [5.74, 6) is -3.99. The average Bonchev–Trinajstić information content (AvgIpc) is 3.74. The monoisotopic (exact) mass is 623 g/mol. The summed E-state index contributed by atoms with van der Waals surface area (Å²) in [6.45, 7) is 5.71. The molecule has 0 unspecified atom stereocenters. The molecule has 230 valence electrons. The van der Waals surface area contributed by atoms with Crippen molar-refractivity contribution < 1.29 is 27.5 Å². The van der Waals surface area contributed by atoms with E-state index in [4.69, 9.17) is 9.72 Å². The number of alkyl halides is 2. The Kier molecular flexibility index (Phi) is 7.56. The minimum absolute atomic E-state index is 0.000373. The van der Waals surface area contributed by atoms with Gasteiger partial charge in [0.1, 0.15) is 30.2 Å². The number of pyridine rings is 1. The molecule has 4 heterocycles. The number of likely N-dealkylation sites (tertiary alicyclic amines) is 1. The van der Waals surface area contributed by atoms with Crippen LogP contribution in [0.2, 0.25) is 25.7 Å². The summed E-state index contributed by atoms with van der Waals surface area (Å²) in [5, 5.41) is 0. The van der Waals surface area contributed by atoms with E-state index in [1.807, 2.05) is 0 Å². The fraction of sp³-hybridized carbons (Fsp3) is 0.387. The van der Waals surface area contributed by atoms with E-state index in [2.05, 4.69) is 24.6 Å². The second-order valence-corrected chi connectivity index (χ2v) is 18.4. The van der Waals surface area contributed by atoms with Crippen LogP contribution in [0.25, 0.3) is 28.0 Å². The Labute approximate surface area is 252 Å². The highest BCUT2D eigenvalue weighted by molar-refractivity contribution is 6.76. The Morgan fingerprint density at radius 2 is 1.89 bits per heavy atom. The van der Waals surface area contributed by atoms with Crippen molar-refractivity contribution in [2.75, 3.05) is 19.7 Å². The molecule has 1 amide bonds. The SMILES string of the molecule is C[Si](C)(C)CCOCn1c(C=O)cc2ncn(-c3cc(-c4ccc(F)cc4C(=O)N4CC(F)(F)C4)cc(C4CC4)n3)c(=O)c21. The van der Waals surface area contributed by atoms with Gasteiger partial charge in [-0.1, -0.05) is 25.7 Å². The van der Waals surface area contributed by atoms with Crippen molar-refractivity contribution in [1.29, 1.82) is 0 Å². The van der Waals surface area contributed by atoms with Crippen molar-refractivity contribution in [1.82, 2.24) is 24.0 Å². The lowest BCUT2D eigenvalue weighted by Gasteiger charge is -2.39. The zero-order chi connectivity index (χ0) is 31.4. The number of nitrogens with zero attached hydrogens (tertiary/aromatic N) is 5. The molecule has 4 aromatic rings. The number of hydrogen-bond acceptors (Lipinski definition) is 6. The molecule has 0 N–H and O–H groups in total. The first-order valence-corrected chi connectivity index (χ1v) is 18.2. The van der Waals surface area contributed by atoms with Crippen LogP contribution < -0.4 is 5.56 Å². The van der Waals surface area contributed by atoms with Crippen LogP contribution in [0.1, 0.15) is 45.3 Å². The predicted octanol–water partition coefficient (Wildman–Crippen LogP) is 5.48. The Bertz CT molecular complexity index is 1840. The van der Waals surface area contributed by atoms with Gasteiger partial charge >= 0.3 is 0 Å². The smallest absolute Gasteiger partial charge is 0.283 e. The van der Waals surface area contributed by atoms with E-state index >= 15 is 0 Å². The van der Waals surface area contributed by atoms with Gasteiger partial charge in [-0.2, -0.15) is 0 Å². The van der Waals surface area contributed by atoms with Gasteiger partial charge in [0.25, 0.3) is 17.4 Å². The first kappa shape index (κ1) is 29.9. The zero-order valence-corrected chi connectivity index (χ0v) is 25.6. The average molecular weight is 624 g/mol. The molecule has 0 spiro atoms. The van der Waals surface area contributed by atoms with Crippen molar-refractivity contribution in [2.24, 2.45) is 0 Å². The second kappa shape index (κ2) is 11.1. The molecule has 9 nitrogen and oxygen atoms in total. The zero-order valence-electron chi connectivity index (χ0n) is 24.6. The summed E-state index contributed by atoms with van der Waals surface area (Å²) in [6, 6.07) is 9.50. The largest absolute Gasteiger partial charge is 0.361 e. The van der Waals surface area contributed by atoms with E-state index in [0.29, 0.717) is 35.2 Å². The molecular weight excluding hydrogens is 591 g/mol. The Hall–Kier alpha value is -4.10. The summed E-state index contributed by atoms with van der Waals surface area (Å²) in [7, 11) is -1.36. The van der Waals surface area contributed by atoms with Crippen molar-refractivity contribution in [3.05, 3.63) is 75.8 Å². The summed E-state index contributed by atoms with van der Waals surface area (Å²) in [4.78, 5) is 49.2. The molecule has 1 saturated heterocycles. The highest BCUT2D eigenvalue weighted by atomic mass is 28.3. The van der Waals surface area contributed by atoms with E-state index in [1.165, 1.54) is 33.7 Å². The first-order valence-electron chi connectivity index (χ1n) is 14.5. The molecule has 44 heavy (non-hydrogen) atoms. The van der Waals surface area contributed by atoms with E-state index in [1.54, 1.807) is 12.1 Å². The number of carbonyl (C=O) groups excluding carboxylic acids is 2. The topological polar surface area (TPSA) is 99.3 Å². The third-order valence-electron chi connectivity index (χ3n) is 7.91. The maximum absolute atomic E-state index is 14.3. The number of aromatic nitrogens is 4. The number of rotatable bonds is 10. The molecule has 6 rings (SSSR count). The van der Waals surface area contributed by atoms with E-state index in [9.17, 15) is 27.6 Å². The normalized spacial score (nSPS) is 16.3. The quantitative estimate of drug-likeness (QED) is 0.132. The van der Waals surface area contributed by atoms with Crippen LogP contribution in [-0.4, -0.2) is 69.9 Å². The highest BCUT2D eigenvalue weighted by Crippen LogP contribution is 2.41. The van der Waals surface area contributed by atoms with Gasteiger partial charge in [-0.05, 0) is 60.3 Å². The molecule has 0 radical (unpaired) electrons. The maximum atomic E-state index is 14.3. The van der Waals surface area contributed by atoms with Crippen molar-refractivity contribution in [3.63, 3.8) is 0 Å². The minimum Gasteiger partial charge on any atom is -0.361 e. The number of ether oxygens (including phenoxy) is 1. The third kappa shape index (κ3) is 5.98. The Morgan fingerprint density at radius 3 is 2.55 bits per heavy atom. The summed E-state index contributed by atoms with van der Waals surface area (Å²) in [6.07, 6.45) is 3.76. The number of hydrogen-bond donors (Lipinski definition) is 0. The molecule has 2 aliphatic rings. The van der Waals surface area contributed by atoms with E-state index in [0.717, 1.165) is 29.9 Å². The lowest BCUT2D eigenvalue weighted by molar-refractivity contribution is -0.113. The van der Waals surface area contributed by atoms with E-state index < -0.39 is 44.4 Å². The third-order valence-corrected chi connectivity index (χ3v) is 9.61. The summed E-state index contributed by atoms with van der Waals surface area (Å²) < 4.78 is 50.1. The first-order chi connectivity index (χ1) is 20.8. The maximum Gasteiger partial charge on any atom is 0.283 e. The van der Waals surface area contributed by atoms with Crippen LogP contribution in [0.3, 0.4) is 0 Å². The van der Waals surface area contributed by atoms with Gasteiger partial charge in [-0.15, -0.1) is 0 Å². The number of benzene rings is 1. The number of amides is 1. The van der Waals surface area contributed by atoms with Crippen LogP contribution in [-0.2, 0) is 11.5 Å². The van der Waals surface area contributed by atoms with Crippen molar-refractivity contribution in [2.45, 2.75) is 57.1 Å². The van der Waals surface area contributed by atoms with Gasteiger partial charge in [0, 0.05) is 26.3 Å². The lowest BCUT2D eigenvalue weighted by atomic mass is 9.96. The van der Waals surface area contributed by atoms with Gasteiger partial charge in [0.2, 0.25) is 0 Å². The number of halogens is 3. The molecule has 1 aromatic carbocycles. The summed E-state index contributed by atoms with van der Waals surface area (Å²) >= 11 is 0. The van der Waals surface area contributed by atoms with Crippen LogP contribution in [0.4, 0.5) is 13.2 Å². The molecule has 1 aliphatic heterocycles. The van der Waals surface area contributed by atoms with Crippen LogP contribution >= 0.6 is 0 Å². The van der Waals surface area contributed by atoms with Crippen LogP contribution in [0.5, 0.6) is 0 Å². The Morgan fingerprint density at radius 1 is 1.14 bits per heavy atom. The second-order valence-electron chi connectivity index (χ2n) is 12.7. The van der Waals surface area contributed by atoms with Crippen LogP contribution in [0, 0.1) is 5.82 Å². The number of carbonyl (C=O) groups is 2. The molecule has 0 atom stereocenters. The molecule has 0 bridgehead atoms. The molecular formula is C31H32F3N5O4Si. The van der Waals surface area contributed by atoms with Gasteiger partial charge in [0.05, 0.1) is 29.9 Å². The molecule has 3 aromatic heterocycles. The Balaban J connectivity index is 1.42. The fourth-order valence-electron chi connectivity index (χ4n) is 5.27. The molecule has 1 aliphatic carbocycles. The van der Waals surface area contributed by atoms with Crippen molar-refractivity contribution in [3.8, 4) is 16.9 Å². The number of aldehydes is 1.